The van der Waals surface area contributed by atoms with Crippen LogP contribution in [0.5, 0.6) is 0 Å². The summed E-state index contributed by atoms with van der Waals surface area (Å²) >= 11 is 5.74. The van der Waals surface area contributed by atoms with E-state index in [2.05, 4.69) is 5.32 Å². The van der Waals surface area contributed by atoms with E-state index in [0.717, 1.165) is 6.07 Å². The molecule has 1 heterocycles. The van der Waals surface area contributed by atoms with Gasteiger partial charge >= 0.3 is 0 Å². The van der Waals surface area contributed by atoms with E-state index >= 15 is 0 Å². The zero-order valence-electron chi connectivity index (χ0n) is 13.3. The molecule has 7 nitrogen and oxygen atoms in total. The monoisotopic (exact) mass is 377 g/mol. The number of carbonyl (C=O) groups excluding carboxylic acids is 2. The van der Waals surface area contributed by atoms with Crippen molar-refractivity contribution in [2.24, 2.45) is 5.92 Å². The van der Waals surface area contributed by atoms with Gasteiger partial charge in [0.2, 0.25) is 11.8 Å². The Morgan fingerprint density at radius 3 is 2.62 bits per heavy atom. The van der Waals surface area contributed by atoms with Gasteiger partial charge in [0.15, 0.2) is 0 Å². The first-order valence-electron chi connectivity index (χ1n) is 7.66. The van der Waals surface area contributed by atoms with Crippen LogP contribution in [0.2, 0.25) is 5.02 Å². The first kappa shape index (κ1) is 17.8. The third kappa shape index (κ3) is 3.65. The van der Waals surface area contributed by atoms with Crippen molar-refractivity contribution >= 4 is 40.5 Å². The normalized spacial score (nSPS) is 16.6. The first-order valence-corrected chi connectivity index (χ1v) is 8.03. The molecule has 0 aliphatic carbocycles. The number of hydrogen-bond donors (Lipinski definition) is 1. The van der Waals surface area contributed by atoms with Crippen LogP contribution in [0.1, 0.15) is 6.42 Å². The Labute approximate surface area is 152 Å². The summed E-state index contributed by atoms with van der Waals surface area (Å²) < 4.78 is 13.0. The zero-order chi connectivity index (χ0) is 18.8. The van der Waals surface area contributed by atoms with E-state index in [1.165, 1.54) is 41.3 Å². The van der Waals surface area contributed by atoms with Gasteiger partial charge in [0.1, 0.15) is 10.8 Å². The van der Waals surface area contributed by atoms with Crippen LogP contribution in [0, 0.1) is 21.8 Å². The molecule has 3 rings (SSSR count). The molecule has 0 unspecified atom stereocenters. The Morgan fingerprint density at radius 2 is 1.96 bits per heavy atom. The standard InChI is InChI=1S/C17H13ClFN3O4/c18-14-6-3-12(8-15(14)22(25)26)20-17(24)10-7-16(23)21(9-10)13-4-1-11(19)2-5-13/h1-6,8,10H,7,9H2,(H,20,24)/t10-/m0/s1. The van der Waals surface area contributed by atoms with Crippen LogP contribution < -0.4 is 10.2 Å². The molecule has 0 spiro atoms. The summed E-state index contributed by atoms with van der Waals surface area (Å²) in [6.07, 6.45) is -0.00110. The van der Waals surface area contributed by atoms with E-state index < -0.39 is 22.6 Å². The van der Waals surface area contributed by atoms with Crippen molar-refractivity contribution < 1.29 is 18.9 Å². The van der Waals surface area contributed by atoms with E-state index in [4.69, 9.17) is 11.6 Å². The maximum Gasteiger partial charge on any atom is 0.289 e. The molecule has 1 aliphatic rings. The number of anilines is 2. The van der Waals surface area contributed by atoms with Gasteiger partial charge in [0, 0.05) is 30.4 Å². The van der Waals surface area contributed by atoms with E-state index in [-0.39, 0.29) is 35.3 Å². The molecule has 0 bridgehead atoms. The third-order valence-corrected chi connectivity index (χ3v) is 4.36. The molecule has 1 saturated heterocycles. The fourth-order valence-corrected chi connectivity index (χ4v) is 2.91. The molecule has 1 fully saturated rings. The molecule has 0 aromatic heterocycles. The molecular weight excluding hydrogens is 365 g/mol. The number of benzene rings is 2. The Hall–Kier alpha value is -3.00. The fourth-order valence-electron chi connectivity index (χ4n) is 2.73. The second-order valence-electron chi connectivity index (χ2n) is 5.79. The topological polar surface area (TPSA) is 92.5 Å². The number of rotatable bonds is 4. The highest BCUT2D eigenvalue weighted by molar-refractivity contribution is 6.32. The quantitative estimate of drug-likeness (QED) is 0.653. The van der Waals surface area contributed by atoms with Gasteiger partial charge < -0.3 is 10.2 Å². The van der Waals surface area contributed by atoms with Gasteiger partial charge in [-0.05, 0) is 36.4 Å². The smallest absolute Gasteiger partial charge is 0.289 e. The number of nitro groups is 1. The molecule has 2 aromatic carbocycles. The highest BCUT2D eigenvalue weighted by atomic mass is 35.5. The van der Waals surface area contributed by atoms with Gasteiger partial charge in [-0.25, -0.2) is 4.39 Å². The highest BCUT2D eigenvalue weighted by Crippen LogP contribution is 2.29. The van der Waals surface area contributed by atoms with Gasteiger partial charge in [-0.1, -0.05) is 11.6 Å². The highest BCUT2D eigenvalue weighted by Gasteiger charge is 2.35. The summed E-state index contributed by atoms with van der Waals surface area (Å²) in [6.45, 7) is 0.145. The Kier molecular flexibility index (Phi) is 4.85. The van der Waals surface area contributed by atoms with Gasteiger partial charge in [0.25, 0.3) is 5.69 Å². The molecule has 9 heteroatoms. The lowest BCUT2D eigenvalue weighted by atomic mass is 10.1. The second kappa shape index (κ2) is 7.09. The Morgan fingerprint density at radius 1 is 1.27 bits per heavy atom. The number of carbonyl (C=O) groups is 2. The van der Waals surface area contributed by atoms with E-state index in [0.29, 0.717) is 5.69 Å². The number of halogens is 2. The minimum absolute atomic E-state index is 0.00110. The molecule has 26 heavy (non-hydrogen) atoms. The molecule has 1 atom stereocenters. The van der Waals surface area contributed by atoms with E-state index in [1.807, 2.05) is 0 Å². The number of nitro benzene ring substituents is 1. The van der Waals surface area contributed by atoms with Crippen LogP contribution >= 0.6 is 11.6 Å². The fraction of sp³-hybridized carbons (Fsp3) is 0.176. The van der Waals surface area contributed by atoms with Gasteiger partial charge in [-0.15, -0.1) is 0 Å². The second-order valence-corrected chi connectivity index (χ2v) is 6.20. The van der Waals surface area contributed by atoms with Crippen LogP contribution in [0.15, 0.2) is 42.5 Å². The first-order chi connectivity index (χ1) is 12.3. The molecule has 0 saturated carbocycles. The van der Waals surface area contributed by atoms with Gasteiger partial charge in [0.05, 0.1) is 10.8 Å². The van der Waals surface area contributed by atoms with Crippen molar-refractivity contribution in [2.45, 2.75) is 6.42 Å². The lowest BCUT2D eigenvalue weighted by Crippen LogP contribution is -2.28. The Balaban J connectivity index is 1.71. The maximum absolute atomic E-state index is 13.0. The van der Waals surface area contributed by atoms with Crippen LogP contribution in [0.3, 0.4) is 0 Å². The van der Waals surface area contributed by atoms with Crippen molar-refractivity contribution in [1.29, 1.82) is 0 Å². The molecule has 1 N–H and O–H groups in total. The van der Waals surface area contributed by atoms with Gasteiger partial charge in [-0.3, -0.25) is 19.7 Å². The minimum Gasteiger partial charge on any atom is -0.326 e. The van der Waals surface area contributed by atoms with Crippen LogP contribution in [0.4, 0.5) is 21.5 Å². The van der Waals surface area contributed by atoms with Crippen molar-refractivity contribution in [1.82, 2.24) is 0 Å². The SMILES string of the molecule is O=C(Nc1ccc(Cl)c([N+](=O)[O-])c1)[C@H]1CC(=O)N(c2ccc(F)cc2)C1. The molecule has 0 radical (unpaired) electrons. The van der Waals surface area contributed by atoms with Crippen molar-refractivity contribution in [3.63, 3.8) is 0 Å². The molecular formula is C17H13ClFN3O4. The van der Waals surface area contributed by atoms with Crippen LogP contribution in [-0.2, 0) is 9.59 Å². The van der Waals surface area contributed by atoms with Crippen LogP contribution in [0.25, 0.3) is 0 Å². The lowest BCUT2D eigenvalue weighted by Gasteiger charge is -2.16. The van der Waals surface area contributed by atoms with E-state index in [1.54, 1.807) is 0 Å². The molecule has 1 aliphatic heterocycles. The van der Waals surface area contributed by atoms with Crippen molar-refractivity contribution in [3.8, 4) is 0 Å². The largest absolute Gasteiger partial charge is 0.326 e. The summed E-state index contributed by atoms with van der Waals surface area (Å²) in [6, 6.07) is 9.34. The van der Waals surface area contributed by atoms with Gasteiger partial charge in [-0.2, -0.15) is 0 Å². The maximum atomic E-state index is 13.0. The summed E-state index contributed by atoms with van der Waals surface area (Å²) in [5.74, 6) is -1.72. The number of nitrogens with one attached hydrogen (secondary N) is 1. The molecule has 134 valence electrons. The average Bonchev–Trinajstić information content (AvgIpc) is 2.99. The summed E-state index contributed by atoms with van der Waals surface area (Å²) in [5, 5.41) is 13.4. The number of hydrogen-bond acceptors (Lipinski definition) is 4. The molecule has 2 aromatic rings. The predicted molar refractivity (Wildman–Crippen MR) is 93.6 cm³/mol. The minimum atomic E-state index is -0.645. The van der Waals surface area contributed by atoms with Crippen molar-refractivity contribution in [3.05, 3.63) is 63.4 Å². The average molecular weight is 378 g/mol. The number of amides is 2. The predicted octanol–water partition coefficient (Wildman–Crippen LogP) is 3.38. The zero-order valence-corrected chi connectivity index (χ0v) is 14.1. The van der Waals surface area contributed by atoms with Crippen molar-refractivity contribution in [2.75, 3.05) is 16.8 Å². The molecule has 2 amide bonds. The number of nitrogens with zero attached hydrogens (tertiary/aromatic N) is 2. The third-order valence-electron chi connectivity index (χ3n) is 4.04. The summed E-state index contributed by atoms with van der Waals surface area (Å²) in [4.78, 5) is 36.2. The van der Waals surface area contributed by atoms with E-state index in [9.17, 15) is 24.1 Å². The Bertz CT molecular complexity index is 888. The van der Waals surface area contributed by atoms with Crippen LogP contribution in [-0.4, -0.2) is 23.3 Å². The summed E-state index contributed by atoms with van der Waals surface area (Å²) in [5.41, 5.74) is 0.410. The summed E-state index contributed by atoms with van der Waals surface area (Å²) in [7, 11) is 0. The lowest BCUT2D eigenvalue weighted by molar-refractivity contribution is -0.384.